The molecule has 0 spiro atoms. The van der Waals surface area contributed by atoms with Gasteiger partial charge in [0.05, 0.1) is 0 Å². The van der Waals surface area contributed by atoms with Crippen molar-refractivity contribution in [3.8, 4) is 0 Å². The van der Waals surface area contributed by atoms with Crippen molar-refractivity contribution in [3.63, 3.8) is 0 Å². The molecule has 0 nitrogen and oxygen atoms in total. The van der Waals surface area contributed by atoms with Gasteiger partial charge in [0.2, 0.25) is 0 Å². The number of hydrogen-bond donors (Lipinski definition) is 2. The van der Waals surface area contributed by atoms with E-state index in [1.54, 1.807) is 0 Å². The van der Waals surface area contributed by atoms with Gasteiger partial charge in [-0.3, -0.25) is 0 Å². The summed E-state index contributed by atoms with van der Waals surface area (Å²) in [6.45, 7) is 0. The summed E-state index contributed by atoms with van der Waals surface area (Å²) < 4.78 is 0. The van der Waals surface area contributed by atoms with Crippen LogP contribution in [0.15, 0.2) is 46.2 Å². The lowest BCUT2D eigenvalue weighted by atomic mass is 10.1. The van der Waals surface area contributed by atoms with Crippen LogP contribution in [0.2, 0.25) is 0 Å². The monoisotopic (exact) mass is 192 g/mol. The first-order valence-electron chi connectivity index (χ1n) is 3.67. The van der Waals surface area contributed by atoms with E-state index in [9.17, 15) is 0 Å². The van der Waals surface area contributed by atoms with Gasteiger partial charge in [-0.25, -0.2) is 0 Å². The third-order valence-electron chi connectivity index (χ3n) is 1.81. The molecule has 0 amide bonds. The summed E-state index contributed by atoms with van der Waals surface area (Å²) in [5.74, 6) is 0. The summed E-state index contributed by atoms with van der Waals surface area (Å²) in [5, 5.41) is 2.42. The van der Waals surface area contributed by atoms with E-state index in [4.69, 9.17) is 0 Å². The Labute approximate surface area is 82.4 Å². The molecular weight excluding hydrogens is 184 g/mol. The predicted octanol–water partition coefficient (Wildman–Crippen LogP) is 3.42. The molecule has 0 bridgehead atoms. The standard InChI is InChI=1S/C10H8S2/c11-9-3-1-7-5-10(12)4-2-8(7)6-9/h1-6,11-12H. The van der Waals surface area contributed by atoms with Crippen molar-refractivity contribution in [1.82, 2.24) is 0 Å². The minimum absolute atomic E-state index is 0.995. The normalized spacial score (nSPS) is 10.5. The van der Waals surface area contributed by atoms with Gasteiger partial charge < -0.3 is 0 Å². The smallest absolute Gasteiger partial charge is 0.00463 e. The van der Waals surface area contributed by atoms with Crippen molar-refractivity contribution >= 4 is 36.0 Å². The van der Waals surface area contributed by atoms with Gasteiger partial charge in [-0.15, -0.1) is 25.3 Å². The molecule has 2 aromatic carbocycles. The first-order valence-corrected chi connectivity index (χ1v) is 4.57. The number of benzene rings is 2. The third-order valence-corrected chi connectivity index (χ3v) is 2.36. The van der Waals surface area contributed by atoms with Crippen LogP contribution in [0.1, 0.15) is 0 Å². The highest BCUT2D eigenvalue weighted by atomic mass is 32.1. The van der Waals surface area contributed by atoms with Crippen LogP contribution in [0.25, 0.3) is 10.8 Å². The average molecular weight is 192 g/mol. The molecule has 0 saturated heterocycles. The second-order valence-electron chi connectivity index (χ2n) is 2.72. The lowest BCUT2D eigenvalue weighted by Gasteiger charge is -1.99. The topological polar surface area (TPSA) is 0 Å². The molecule has 0 atom stereocenters. The molecule has 60 valence electrons. The maximum absolute atomic E-state index is 4.27. The predicted molar refractivity (Wildman–Crippen MR) is 58.5 cm³/mol. The molecule has 12 heavy (non-hydrogen) atoms. The van der Waals surface area contributed by atoms with Crippen LogP contribution in [-0.4, -0.2) is 0 Å². The fourth-order valence-electron chi connectivity index (χ4n) is 1.22. The van der Waals surface area contributed by atoms with E-state index < -0.39 is 0 Å². The first-order chi connectivity index (χ1) is 5.75. The van der Waals surface area contributed by atoms with E-state index in [0.29, 0.717) is 0 Å². The van der Waals surface area contributed by atoms with E-state index in [1.807, 2.05) is 24.3 Å². The molecule has 0 heterocycles. The molecule has 0 aliphatic rings. The van der Waals surface area contributed by atoms with Gasteiger partial charge in [0.1, 0.15) is 0 Å². The van der Waals surface area contributed by atoms with Crippen LogP contribution in [-0.2, 0) is 0 Å². The van der Waals surface area contributed by atoms with Crippen molar-refractivity contribution < 1.29 is 0 Å². The highest BCUT2D eigenvalue weighted by Gasteiger charge is 1.93. The highest BCUT2D eigenvalue weighted by Crippen LogP contribution is 2.20. The van der Waals surface area contributed by atoms with Gasteiger partial charge >= 0.3 is 0 Å². The number of fused-ring (bicyclic) bond motifs is 1. The maximum atomic E-state index is 4.27. The van der Waals surface area contributed by atoms with Gasteiger partial charge in [0.25, 0.3) is 0 Å². The maximum Gasteiger partial charge on any atom is 0.00463 e. The zero-order valence-corrected chi connectivity index (χ0v) is 8.15. The van der Waals surface area contributed by atoms with E-state index in [2.05, 4.69) is 37.4 Å². The highest BCUT2D eigenvalue weighted by molar-refractivity contribution is 7.80. The van der Waals surface area contributed by atoms with Gasteiger partial charge in [0, 0.05) is 9.79 Å². The minimum atomic E-state index is 0.995. The van der Waals surface area contributed by atoms with Crippen LogP contribution in [0.3, 0.4) is 0 Å². The Morgan fingerprint density at radius 1 is 0.667 bits per heavy atom. The molecule has 0 fully saturated rings. The van der Waals surface area contributed by atoms with Crippen LogP contribution in [0.5, 0.6) is 0 Å². The minimum Gasteiger partial charge on any atom is -0.143 e. The molecule has 2 aromatic rings. The molecule has 0 unspecified atom stereocenters. The summed E-state index contributed by atoms with van der Waals surface area (Å²) in [7, 11) is 0. The van der Waals surface area contributed by atoms with E-state index >= 15 is 0 Å². The van der Waals surface area contributed by atoms with Crippen molar-refractivity contribution in [3.05, 3.63) is 36.4 Å². The Balaban J connectivity index is 2.79. The van der Waals surface area contributed by atoms with Crippen molar-refractivity contribution in [2.75, 3.05) is 0 Å². The Morgan fingerprint density at radius 3 is 1.50 bits per heavy atom. The van der Waals surface area contributed by atoms with Crippen LogP contribution >= 0.6 is 25.3 Å². The van der Waals surface area contributed by atoms with Gasteiger partial charge in [0.15, 0.2) is 0 Å². The van der Waals surface area contributed by atoms with E-state index in [-0.39, 0.29) is 0 Å². The SMILES string of the molecule is Sc1ccc2cc(S)ccc2c1. The molecule has 2 rings (SSSR count). The molecule has 0 aliphatic heterocycles. The summed E-state index contributed by atoms with van der Waals surface area (Å²) in [6.07, 6.45) is 0. The van der Waals surface area contributed by atoms with Gasteiger partial charge in [-0.2, -0.15) is 0 Å². The number of rotatable bonds is 0. The summed E-state index contributed by atoms with van der Waals surface area (Å²) >= 11 is 8.53. The van der Waals surface area contributed by atoms with Crippen molar-refractivity contribution in [2.45, 2.75) is 9.79 Å². The van der Waals surface area contributed by atoms with Gasteiger partial charge in [-0.1, -0.05) is 12.1 Å². The quantitative estimate of drug-likeness (QED) is 0.587. The Kier molecular flexibility index (Phi) is 2.03. The summed E-state index contributed by atoms with van der Waals surface area (Å²) in [6, 6.07) is 12.2. The first kappa shape index (κ1) is 8.02. The molecule has 0 aliphatic carbocycles. The summed E-state index contributed by atoms with van der Waals surface area (Å²) in [5.41, 5.74) is 0. The second kappa shape index (κ2) is 3.04. The molecular formula is C10H8S2. The van der Waals surface area contributed by atoms with Crippen LogP contribution in [0, 0.1) is 0 Å². The number of hydrogen-bond acceptors (Lipinski definition) is 2. The largest absolute Gasteiger partial charge is 0.143 e. The summed E-state index contributed by atoms with van der Waals surface area (Å²) in [4.78, 5) is 1.99. The van der Waals surface area contributed by atoms with Crippen LogP contribution in [0.4, 0.5) is 0 Å². The molecule has 0 aromatic heterocycles. The molecule has 0 radical (unpaired) electrons. The zero-order valence-electron chi connectivity index (χ0n) is 6.36. The molecule has 2 heteroatoms. The fourth-order valence-corrected chi connectivity index (χ4v) is 1.65. The van der Waals surface area contributed by atoms with E-state index in [0.717, 1.165) is 9.79 Å². The van der Waals surface area contributed by atoms with Crippen LogP contribution < -0.4 is 0 Å². The molecule has 0 saturated carbocycles. The fraction of sp³-hybridized carbons (Fsp3) is 0. The lowest BCUT2D eigenvalue weighted by molar-refractivity contribution is 1.48. The van der Waals surface area contributed by atoms with Crippen molar-refractivity contribution in [1.29, 1.82) is 0 Å². The van der Waals surface area contributed by atoms with Gasteiger partial charge in [-0.05, 0) is 35.0 Å². The lowest BCUT2D eigenvalue weighted by Crippen LogP contribution is -1.73. The Hall–Kier alpha value is -0.600. The molecule has 0 N–H and O–H groups in total. The number of thiol groups is 2. The second-order valence-corrected chi connectivity index (χ2v) is 3.75. The zero-order chi connectivity index (χ0) is 8.55. The van der Waals surface area contributed by atoms with E-state index in [1.165, 1.54) is 10.8 Å². The third kappa shape index (κ3) is 1.45. The van der Waals surface area contributed by atoms with Crippen molar-refractivity contribution in [2.24, 2.45) is 0 Å². The Bertz CT molecular complexity index is 380. The average Bonchev–Trinajstić information content (AvgIpc) is 2.05. The Morgan fingerprint density at radius 2 is 1.08 bits per heavy atom.